The summed E-state index contributed by atoms with van der Waals surface area (Å²) in [4.78, 5) is 14.2. The Morgan fingerprint density at radius 3 is 3.00 bits per heavy atom. The molecule has 1 rings (SSSR count). The highest BCUT2D eigenvalue weighted by atomic mass is 16.5. The SMILES string of the molecule is CC(C(N)=O)c1ncon1. The Kier molecular flexibility index (Phi) is 1.66. The van der Waals surface area contributed by atoms with Crippen molar-refractivity contribution in [2.45, 2.75) is 12.8 Å². The maximum absolute atomic E-state index is 10.5. The van der Waals surface area contributed by atoms with Crippen LogP contribution in [0.25, 0.3) is 0 Å². The van der Waals surface area contributed by atoms with Crippen LogP contribution in [0, 0.1) is 0 Å². The molecule has 5 nitrogen and oxygen atoms in total. The Bertz CT molecular complexity index is 219. The number of carbonyl (C=O) groups excluding carboxylic acids is 1. The first kappa shape index (κ1) is 6.73. The van der Waals surface area contributed by atoms with E-state index >= 15 is 0 Å². The summed E-state index contributed by atoms with van der Waals surface area (Å²) in [7, 11) is 0. The first-order valence-electron chi connectivity index (χ1n) is 2.77. The molecule has 0 saturated carbocycles. The second-order valence-electron chi connectivity index (χ2n) is 1.91. The van der Waals surface area contributed by atoms with Gasteiger partial charge >= 0.3 is 0 Å². The van der Waals surface area contributed by atoms with E-state index < -0.39 is 11.8 Å². The number of primary amides is 1. The highest BCUT2D eigenvalue weighted by Gasteiger charge is 2.15. The standard InChI is InChI=1S/C5H7N3O2/c1-3(4(6)9)5-7-2-10-8-5/h2-3H,1H3,(H2,6,9). The number of aromatic nitrogens is 2. The van der Waals surface area contributed by atoms with E-state index in [2.05, 4.69) is 14.7 Å². The summed E-state index contributed by atoms with van der Waals surface area (Å²) in [5.41, 5.74) is 4.97. The molecule has 5 heteroatoms. The van der Waals surface area contributed by atoms with Crippen LogP contribution in [0.4, 0.5) is 0 Å². The maximum atomic E-state index is 10.5. The third-order valence-corrected chi connectivity index (χ3v) is 1.19. The number of rotatable bonds is 2. The van der Waals surface area contributed by atoms with Gasteiger partial charge in [0.1, 0.15) is 0 Å². The average molecular weight is 141 g/mol. The van der Waals surface area contributed by atoms with Crippen molar-refractivity contribution < 1.29 is 9.32 Å². The van der Waals surface area contributed by atoms with E-state index in [-0.39, 0.29) is 0 Å². The zero-order valence-electron chi connectivity index (χ0n) is 5.44. The summed E-state index contributed by atoms with van der Waals surface area (Å²) in [6, 6.07) is 0. The Balaban J connectivity index is 2.77. The molecule has 0 aliphatic carbocycles. The molecule has 1 unspecified atom stereocenters. The molecule has 1 atom stereocenters. The van der Waals surface area contributed by atoms with E-state index in [1.807, 2.05) is 0 Å². The Morgan fingerprint density at radius 2 is 2.60 bits per heavy atom. The second-order valence-corrected chi connectivity index (χ2v) is 1.91. The van der Waals surface area contributed by atoms with Crippen molar-refractivity contribution in [2.24, 2.45) is 5.73 Å². The van der Waals surface area contributed by atoms with Crippen LogP contribution < -0.4 is 5.73 Å². The van der Waals surface area contributed by atoms with Gasteiger partial charge in [-0.3, -0.25) is 4.79 Å². The zero-order valence-corrected chi connectivity index (χ0v) is 5.44. The third-order valence-electron chi connectivity index (χ3n) is 1.19. The fraction of sp³-hybridized carbons (Fsp3) is 0.400. The van der Waals surface area contributed by atoms with Crippen molar-refractivity contribution in [1.29, 1.82) is 0 Å². The van der Waals surface area contributed by atoms with Crippen LogP contribution in [0.1, 0.15) is 18.7 Å². The minimum Gasteiger partial charge on any atom is -0.369 e. The fourth-order valence-corrected chi connectivity index (χ4v) is 0.497. The number of hydrogen-bond donors (Lipinski definition) is 1. The quantitative estimate of drug-likeness (QED) is 0.610. The lowest BCUT2D eigenvalue weighted by molar-refractivity contribution is -0.119. The van der Waals surface area contributed by atoms with Crippen LogP contribution >= 0.6 is 0 Å². The van der Waals surface area contributed by atoms with Gasteiger partial charge in [0.25, 0.3) is 0 Å². The van der Waals surface area contributed by atoms with Crippen molar-refractivity contribution in [3.63, 3.8) is 0 Å². The molecule has 0 bridgehead atoms. The van der Waals surface area contributed by atoms with Crippen LogP contribution in [0.2, 0.25) is 0 Å². The van der Waals surface area contributed by atoms with Crippen LogP contribution in [0.15, 0.2) is 10.9 Å². The average Bonchev–Trinajstić information content (AvgIpc) is 2.36. The van der Waals surface area contributed by atoms with Crippen molar-refractivity contribution in [2.75, 3.05) is 0 Å². The molecule has 10 heavy (non-hydrogen) atoms. The summed E-state index contributed by atoms with van der Waals surface area (Å²) in [6.45, 7) is 1.62. The first-order valence-corrected chi connectivity index (χ1v) is 2.77. The van der Waals surface area contributed by atoms with Gasteiger partial charge in [0.05, 0.1) is 5.92 Å². The lowest BCUT2D eigenvalue weighted by Gasteiger charge is -1.97. The number of nitrogens with two attached hydrogens (primary N) is 1. The number of carbonyl (C=O) groups is 1. The highest BCUT2D eigenvalue weighted by molar-refractivity contribution is 5.80. The Morgan fingerprint density at radius 1 is 1.90 bits per heavy atom. The van der Waals surface area contributed by atoms with Crippen LogP contribution in [-0.4, -0.2) is 16.0 Å². The van der Waals surface area contributed by atoms with Gasteiger partial charge < -0.3 is 10.3 Å². The summed E-state index contributed by atoms with van der Waals surface area (Å²) in [6.07, 6.45) is 1.16. The van der Waals surface area contributed by atoms with Gasteiger partial charge in [0.15, 0.2) is 5.82 Å². The molecular formula is C5H7N3O2. The van der Waals surface area contributed by atoms with Crippen molar-refractivity contribution in [1.82, 2.24) is 10.1 Å². The molecule has 2 N–H and O–H groups in total. The van der Waals surface area contributed by atoms with Gasteiger partial charge in [-0.2, -0.15) is 4.98 Å². The van der Waals surface area contributed by atoms with Gasteiger partial charge in [-0.1, -0.05) is 5.16 Å². The molecule has 0 fully saturated rings. The minimum absolute atomic E-state index is 0.326. The van der Waals surface area contributed by atoms with E-state index in [9.17, 15) is 4.79 Å². The Labute approximate surface area is 57.2 Å². The molecule has 0 aliphatic heterocycles. The molecule has 0 aliphatic rings. The van der Waals surface area contributed by atoms with E-state index in [1.165, 1.54) is 0 Å². The summed E-state index contributed by atoms with van der Waals surface area (Å²) in [5, 5.41) is 3.45. The van der Waals surface area contributed by atoms with Crippen LogP contribution in [-0.2, 0) is 4.79 Å². The highest BCUT2D eigenvalue weighted by Crippen LogP contribution is 2.06. The molecule has 1 amide bonds. The predicted octanol–water partition coefficient (Wildman–Crippen LogP) is -0.342. The van der Waals surface area contributed by atoms with Gasteiger partial charge in [-0.25, -0.2) is 0 Å². The fourth-order valence-electron chi connectivity index (χ4n) is 0.497. The monoisotopic (exact) mass is 141 g/mol. The van der Waals surface area contributed by atoms with E-state index in [0.29, 0.717) is 5.82 Å². The van der Waals surface area contributed by atoms with E-state index in [0.717, 1.165) is 6.39 Å². The van der Waals surface area contributed by atoms with Gasteiger partial charge in [0, 0.05) is 0 Å². The van der Waals surface area contributed by atoms with Gasteiger partial charge in [-0.15, -0.1) is 0 Å². The number of amides is 1. The van der Waals surface area contributed by atoms with E-state index in [1.54, 1.807) is 6.92 Å². The third kappa shape index (κ3) is 1.12. The van der Waals surface area contributed by atoms with E-state index in [4.69, 9.17) is 5.73 Å². The van der Waals surface area contributed by atoms with Crippen LogP contribution in [0.5, 0.6) is 0 Å². The normalized spacial score (nSPS) is 12.9. The molecule has 1 aromatic heterocycles. The largest absolute Gasteiger partial charge is 0.369 e. The molecule has 0 radical (unpaired) electrons. The van der Waals surface area contributed by atoms with Crippen molar-refractivity contribution in [3.8, 4) is 0 Å². The van der Waals surface area contributed by atoms with Gasteiger partial charge in [0.2, 0.25) is 12.3 Å². The lowest BCUT2D eigenvalue weighted by atomic mass is 10.1. The minimum atomic E-state index is -0.473. The first-order chi connectivity index (χ1) is 4.72. The number of nitrogens with zero attached hydrogens (tertiary/aromatic N) is 2. The summed E-state index contributed by atoms with van der Waals surface area (Å²) >= 11 is 0. The number of hydrogen-bond acceptors (Lipinski definition) is 4. The Hall–Kier alpha value is -1.39. The molecule has 0 spiro atoms. The lowest BCUT2D eigenvalue weighted by Crippen LogP contribution is -2.19. The summed E-state index contributed by atoms with van der Waals surface area (Å²) in [5.74, 6) is -0.604. The predicted molar refractivity (Wildman–Crippen MR) is 31.9 cm³/mol. The smallest absolute Gasteiger partial charge is 0.228 e. The summed E-state index contributed by atoms with van der Waals surface area (Å²) < 4.78 is 4.42. The molecule has 1 heterocycles. The van der Waals surface area contributed by atoms with Crippen molar-refractivity contribution >= 4 is 5.91 Å². The molecule has 54 valence electrons. The second kappa shape index (κ2) is 2.47. The molecule has 0 saturated heterocycles. The maximum Gasteiger partial charge on any atom is 0.228 e. The zero-order chi connectivity index (χ0) is 7.56. The molecule has 0 aromatic carbocycles. The van der Waals surface area contributed by atoms with Gasteiger partial charge in [-0.05, 0) is 6.92 Å². The molecular weight excluding hydrogens is 134 g/mol. The topological polar surface area (TPSA) is 82.0 Å². The molecule has 1 aromatic rings. The van der Waals surface area contributed by atoms with Crippen LogP contribution in [0.3, 0.4) is 0 Å². The van der Waals surface area contributed by atoms with Crippen molar-refractivity contribution in [3.05, 3.63) is 12.2 Å².